The number of benzene rings is 1. The number of nitrogens with two attached hydrogens (primary N) is 1. The van der Waals surface area contributed by atoms with Crippen LogP contribution in [0.4, 0.5) is 5.69 Å². The van der Waals surface area contributed by atoms with Crippen molar-refractivity contribution >= 4 is 11.7 Å². The summed E-state index contributed by atoms with van der Waals surface area (Å²) in [7, 11) is 1.34. The SMILES string of the molecule is COC(=O)c1ccc(COC(C)C)c(C)c1N. The van der Waals surface area contributed by atoms with Crippen molar-refractivity contribution in [2.24, 2.45) is 0 Å². The molecule has 0 aliphatic carbocycles. The lowest BCUT2D eigenvalue weighted by atomic mass is 10.0. The van der Waals surface area contributed by atoms with E-state index in [1.54, 1.807) is 6.07 Å². The Bertz CT molecular complexity index is 413. The summed E-state index contributed by atoms with van der Waals surface area (Å²) in [6.45, 7) is 6.32. The zero-order valence-electron chi connectivity index (χ0n) is 10.7. The fraction of sp³-hybridized carbons (Fsp3) is 0.462. The van der Waals surface area contributed by atoms with E-state index in [0.717, 1.165) is 11.1 Å². The van der Waals surface area contributed by atoms with Gasteiger partial charge >= 0.3 is 5.97 Å². The van der Waals surface area contributed by atoms with Gasteiger partial charge in [-0.3, -0.25) is 0 Å². The second kappa shape index (κ2) is 5.68. The molecule has 17 heavy (non-hydrogen) atoms. The smallest absolute Gasteiger partial charge is 0.339 e. The molecular weight excluding hydrogens is 218 g/mol. The third-order valence-electron chi connectivity index (χ3n) is 2.60. The summed E-state index contributed by atoms with van der Waals surface area (Å²) in [5, 5.41) is 0. The molecule has 0 radical (unpaired) electrons. The molecule has 4 heteroatoms. The number of anilines is 1. The molecule has 0 amide bonds. The van der Waals surface area contributed by atoms with E-state index in [4.69, 9.17) is 10.5 Å². The number of ether oxygens (including phenoxy) is 2. The second-order valence-electron chi connectivity index (χ2n) is 4.16. The summed E-state index contributed by atoms with van der Waals surface area (Å²) in [6.07, 6.45) is 0.163. The summed E-state index contributed by atoms with van der Waals surface area (Å²) in [4.78, 5) is 11.4. The Morgan fingerprint density at radius 1 is 1.41 bits per heavy atom. The third kappa shape index (κ3) is 3.20. The van der Waals surface area contributed by atoms with Crippen molar-refractivity contribution < 1.29 is 14.3 Å². The van der Waals surface area contributed by atoms with Gasteiger partial charge in [0.05, 0.1) is 25.4 Å². The molecule has 0 heterocycles. The Balaban J connectivity index is 2.98. The molecule has 94 valence electrons. The van der Waals surface area contributed by atoms with Gasteiger partial charge in [-0.05, 0) is 38.0 Å². The Labute approximate surface area is 102 Å². The maximum absolute atomic E-state index is 11.4. The van der Waals surface area contributed by atoms with E-state index in [2.05, 4.69) is 4.74 Å². The molecule has 0 saturated carbocycles. The van der Waals surface area contributed by atoms with Crippen LogP contribution in [0.15, 0.2) is 12.1 Å². The molecule has 0 atom stereocenters. The van der Waals surface area contributed by atoms with Gasteiger partial charge in [-0.2, -0.15) is 0 Å². The number of carbonyl (C=O) groups excluding carboxylic acids is 1. The second-order valence-corrected chi connectivity index (χ2v) is 4.16. The highest BCUT2D eigenvalue weighted by Crippen LogP contribution is 2.22. The first-order chi connectivity index (χ1) is 7.97. The highest BCUT2D eigenvalue weighted by atomic mass is 16.5. The van der Waals surface area contributed by atoms with Gasteiger partial charge in [0.25, 0.3) is 0 Å². The van der Waals surface area contributed by atoms with Crippen LogP contribution in [0.5, 0.6) is 0 Å². The topological polar surface area (TPSA) is 61.5 Å². The number of carbonyl (C=O) groups is 1. The van der Waals surface area contributed by atoms with Crippen molar-refractivity contribution in [3.8, 4) is 0 Å². The minimum Gasteiger partial charge on any atom is -0.465 e. The molecule has 0 fully saturated rings. The van der Waals surface area contributed by atoms with Crippen LogP contribution in [0, 0.1) is 6.92 Å². The molecule has 0 bridgehead atoms. The van der Waals surface area contributed by atoms with Crippen LogP contribution < -0.4 is 5.73 Å². The quantitative estimate of drug-likeness (QED) is 0.644. The average Bonchev–Trinajstić information content (AvgIpc) is 2.30. The molecular formula is C13H19NO3. The van der Waals surface area contributed by atoms with Crippen LogP contribution in [0.1, 0.15) is 35.3 Å². The van der Waals surface area contributed by atoms with Gasteiger partial charge in [0, 0.05) is 5.69 Å². The molecule has 0 aliphatic heterocycles. The van der Waals surface area contributed by atoms with Crippen LogP contribution in [0.3, 0.4) is 0 Å². The normalized spacial score (nSPS) is 10.6. The predicted molar refractivity (Wildman–Crippen MR) is 66.9 cm³/mol. The number of hydrogen-bond acceptors (Lipinski definition) is 4. The molecule has 0 saturated heterocycles. The molecule has 1 rings (SSSR count). The van der Waals surface area contributed by atoms with Crippen molar-refractivity contribution in [3.05, 3.63) is 28.8 Å². The van der Waals surface area contributed by atoms with E-state index in [1.165, 1.54) is 7.11 Å². The number of rotatable bonds is 4. The maximum atomic E-state index is 11.4. The van der Waals surface area contributed by atoms with Crippen LogP contribution in [0.25, 0.3) is 0 Å². The minimum absolute atomic E-state index is 0.163. The Morgan fingerprint density at radius 3 is 2.59 bits per heavy atom. The molecule has 0 aromatic heterocycles. The summed E-state index contributed by atoms with van der Waals surface area (Å²) in [5.41, 5.74) is 8.63. The van der Waals surface area contributed by atoms with Crippen molar-refractivity contribution in [2.75, 3.05) is 12.8 Å². The van der Waals surface area contributed by atoms with Gasteiger partial charge in [0.2, 0.25) is 0 Å². The highest BCUT2D eigenvalue weighted by molar-refractivity contribution is 5.95. The molecule has 0 spiro atoms. The largest absolute Gasteiger partial charge is 0.465 e. The summed E-state index contributed by atoms with van der Waals surface area (Å²) in [5.74, 6) is -0.415. The van der Waals surface area contributed by atoms with Crippen LogP contribution >= 0.6 is 0 Å². The lowest BCUT2D eigenvalue weighted by Crippen LogP contribution is -2.10. The first kappa shape index (κ1) is 13.5. The summed E-state index contributed by atoms with van der Waals surface area (Å²) >= 11 is 0. The zero-order chi connectivity index (χ0) is 13.0. The summed E-state index contributed by atoms with van der Waals surface area (Å²) < 4.78 is 10.2. The molecule has 0 aliphatic rings. The lowest BCUT2D eigenvalue weighted by Gasteiger charge is -2.13. The van der Waals surface area contributed by atoms with E-state index in [9.17, 15) is 4.79 Å². The number of nitrogen functional groups attached to an aromatic ring is 1. The fourth-order valence-corrected chi connectivity index (χ4v) is 1.47. The third-order valence-corrected chi connectivity index (χ3v) is 2.60. The van der Waals surface area contributed by atoms with Crippen LogP contribution in [0.2, 0.25) is 0 Å². The standard InChI is InChI=1S/C13H19NO3/c1-8(2)17-7-10-5-6-11(13(15)16-4)12(14)9(10)3/h5-6,8H,7,14H2,1-4H3. The van der Waals surface area contributed by atoms with Crippen molar-refractivity contribution in [1.29, 1.82) is 0 Å². The zero-order valence-corrected chi connectivity index (χ0v) is 10.7. The maximum Gasteiger partial charge on any atom is 0.339 e. The van der Waals surface area contributed by atoms with Crippen molar-refractivity contribution in [2.45, 2.75) is 33.5 Å². The van der Waals surface area contributed by atoms with E-state index < -0.39 is 5.97 Å². The Morgan fingerprint density at radius 2 is 2.06 bits per heavy atom. The number of hydrogen-bond donors (Lipinski definition) is 1. The van der Waals surface area contributed by atoms with Crippen molar-refractivity contribution in [1.82, 2.24) is 0 Å². The number of methoxy groups -OCH3 is 1. The Kier molecular flexibility index (Phi) is 4.52. The van der Waals surface area contributed by atoms with Gasteiger partial charge in [0.1, 0.15) is 0 Å². The summed E-state index contributed by atoms with van der Waals surface area (Å²) in [6, 6.07) is 3.52. The van der Waals surface area contributed by atoms with Gasteiger partial charge in [-0.15, -0.1) is 0 Å². The monoisotopic (exact) mass is 237 g/mol. The molecule has 1 aromatic rings. The van der Waals surface area contributed by atoms with Gasteiger partial charge < -0.3 is 15.2 Å². The average molecular weight is 237 g/mol. The highest BCUT2D eigenvalue weighted by Gasteiger charge is 2.14. The molecule has 0 unspecified atom stereocenters. The van der Waals surface area contributed by atoms with E-state index in [1.807, 2.05) is 26.8 Å². The molecule has 4 nitrogen and oxygen atoms in total. The fourth-order valence-electron chi connectivity index (χ4n) is 1.47. The van der Waals surface area contributed by atoms with E-state index in [0.29, 0.717) is 17.9 Å². The lowest BCUT2D eigenvalue weighted by molar-refractivity contribution is 0.0599. The molecule has 1 aromatic carbocycles. The van der Waals surface area contributed by atoms with Gasteiger partial charge in [0.15, 0.2) is 0 Å². The van der Waals surface area contributed by atoms with Crippen LogP contribution in [-0.2, 0) is 16.1 Å². The van der Waals surface area contributed by atoms with E-state index in [-0.39, 0.29) is 6.10 Å². The van der Waals surface area contributed by atoms with Gasteiger partial charge in [-0.25, -0.2) is 4.79 Å². The minimum atomic E-state index is -0.415. The first-order valence-electron chi connectivity index (χ1n) is 5.55. The van der Waals surface area contributed by atoms with Crippen LogP contribution in [-0.4, -0.2) is 19.2 Å². The van der Waals surface area contributed by atoms with Gasteiger partial charge in [-0.1, -0.05) is 6.07 Å². The Hall–Kier alpha value is -1.55. The molecule has 2 N–H and O–H groups in total. The van der Waals surface area contributed by atoms with E-state index >= 15 is 0 Å². The number of esters is 1. The first-order valence-corrected chi connectivity index (χ1v) is 5.55. The predicted octanol–water partition coefficient (Wildman–Crippen LogP) is 2.29. The van der Waals surface area contributed by atoms with Crippen molar-refractivity contribution in [3.63, 3.8) is 0 Å².